The van der Waals surface area contributed by atoms with E-state index in [0.717, 1.165) is 43.3 Å². The van der Waals surface area contributed by atoms with Crippen molar-refractivity contribution in [3.05, 3.63) is 48.3 Å². The standard InChI is InChI=1S/C22H28N4O2/c1-28-20-8-5-18(6-9-20)25-13-15-26(16-14-25)22(27)21-10-7-19(17-23-21)24-11-3-2-4-12-24/h5-10,17H,2-4,11-16H2,1H3. The zero-order valence-corrected chi connectivity index (χ0v) is 16.5. The highest BCUT2D eigenvalue weighted by molar-refractivity contribution is 5.92. The highest BCUT2D eigenvalue weighted by Crippen LogP contribution is 2.22. The van der Waals surface area contributed by atoms with Crippen LogP contribution in [0.25, 0.3) is 0 Å². The van der Waals surface area contributed by atoms with Gasteiger partial charge < -0.3 is 19.4 Å². The Kier molecular flexibility index (Phi) is 5.65. The van der Waals surface area contributed by atoms with Crippen LogP contribution in [-0.2, 0) is 0 Å². The molecule has 1 aromatic carbocycles. The largest absolute Gasteiger partial charge is 0.497 e. The zero-order chi connectivity index (χ0) is 19.3. The molecule has 0 aliphatic carbocycles. The molecule has 28 heavy (non-hydrogen) atoms. The number of anilines is 2. The first kappa shape index (κ1) is 18.6. The SMILES string of the molecule is COc1ccc(N2CCN(C(=O)c3ccc(N4CCCCC4)cn3)CC2)cc1. The van der Waals surface area contributed by atoms with Gasteiger partial charge in [-0.2, -0.15) is 0 Å². The van der Waals surface area contributed by atoms with Crippen LogP contribution in [0.1, 0.15) is 29.8 Å². The van der Waals surface area contributed by atoms with E-state index in [0.29, 0.717) is 18.8 Å². The quantitative estimate of drug-likeness (QED) is 0.816. The van der Waals surface area contributed by atoms with Gasteiger partial charge in [0.2, 0.25) is 0 Å². The van der Waals surface area contributed by atoms with E-state index in [1.54, 1.807) is 7.11 Å². The Hall–Kier alpha value is -2.76. The summed E-state index contributed by atoms with van der Waals surface area (Å²) in [5.74, 6) is 0.885. The van der Waals surface area contributed by atoms with E-state index < -0.39 is 0 Å². The van der Waals surface area contributed by atoms with Gasteiger partial charge in [-0.3, -0.25) is 4.79 Å². The van der Waals surface area contributed by atoms with E-state index in [1.807, 2.05) is 35.4 Å². The molecule has 2 fully saturated rings. The molecule has 2 aromatic rings. The van der Waals surface area contributed by atoms with E-state index in [9.17, 15) is 4.79 Å². The van der Waals surface area contributed by atoms with Gasteiger partial charge >= 0.3 is 0 Å². The topological polar surface area (TPSA) is 48.9 Å². The van der Waals surface area contributed by atoms with E-state index in [-0.39, 0.29) is 5.91 Å². The molecular weight excluding hydrogens is 352 g/mol. The molecule has 0 atom stereocenters. The lowest BCUT2D eigenvalue weighted by Gasteiger charge is -2.36. The first-order chi connectivity index (χ1) is 13.7. The van der Waals surface area contributed by atoms with E-state index >= 15 is 0 Å². The minimum atomic E-state index is 0.0274. The molecule has 0 spiro atoms. The maximum absolute atomic E-state index is 12.8. The summed E-state index contributed by atoms with van der Waals surface area (Å²) in [4.78, 5) is 23.9. The molecule has 1 aromatic heterocycles. The Morgan fingerprint density at radius 1 is 0.821 bits per heavy atom. The lowest BCUT2D eigenvalue weighted by atomic mass is 10.1. The van der Waals surface area contributed by atoms with Crippen LogP contribution < -0.4 is 14.5 Å². The number of rotatable bonds is 4. The third-order valence-electron chi connectivity index (χ3n) is 5.69. The number of piperazine rings is 1. The fourth-order valence-electron chi connectivity index (χ4n) is 3.97. The minimum absolute atomic E-state index is 0.0274. The maximum Gasteiger partial charge on any atom is 0.272 e. The van der Waals surface area contributed by atoms with Gasteiger partial charge in [-0.15, -0.1) is 0 Å². The van der Waals surface area contributed by atoms with Gasteiger partial charge in [0.05, 0.1) is 19.0 Å². The molecule has 2 aliphatic heterocycles. The van der Waals surface area contributed by atoms with Crippen molar-refractivity contribution >= 4 is 17.3 Å². The Morgan fingerprint density at radius 2 is 1.46 bits per heavy atom. The van der Waals surface area contributed by atoms with Crippen molar-refractivity contribution in [1.29, 1.82) is 0 Å². The van der Waals surface area contributed by atoms with Gasteiger partial charge in [-0.25, -0.2) is 4.98 Å². The second-order valence-corrected chi connectivity index (χ2v) is 7.43. The number of carbonyl (C=O) groups is 1. The van der Waals surface area contributed by atoms with Crippen LogP contribution in [0.5, 0.6) is 5.75 Å². The second-order valence-electron chi connectivity index (χ2n) is 7.43. The van der Waals surface area contributed by atoms with Crippen molar-refractivity contribution in [3.8, 4) is 5.75 Å². The highest BCUT2D eigenvalue weighted by atomic mass is 16.5. The first-order valence-corrected chi connectivity index (χ1v) is 10.1. The molecule has 2 saturated heterocycles. The molecular formula is C22H28N4O2. The van der Waals surface area contributed by atoms with Gasteiger partial charge in [0.15, 0.2) is 0 Å². The molecule has 0 saturated carbocycles. The number of aromatic nitrogens is 1. The van der Waals surface area contributed by atoms with E-state index in [1.165, 1.54) is 19.3 Å². The summed E-state index contributed by atoms with van der Waals surface area (Å²) in [6.45, 7) is 5.24. The van der Waals surface area contributed by atoms with Crippen molar-refractivity contribution in [2.75, 3.05) is 56.2 Å². The van der Waals surface area contributed by atoms with Crippen LogP contribution in [0.15, 0.2) is 42.6 Å². The van der Waals surface area contributed by atoms with Crippen molar-refractivity contribution in [3.63, 3.8) is 0 Å². The highest BCUT2D eigenvalue weighted by Gasteiger charge is 2.23. The Balaban J connectivity index is 1.34. The number of ether oxygens (including phenoxy) is 1. The molecule has 6 heteroatoms. The number of methoxy groups -OCH3 is 1. The fourth-order valence-corrected chi connectivity index (χ4v) is 3.97. The molecule has 6 nitrogen and oxygen atoms in total. The number of hydrogen-bond acceptors (Lipinski definition) is 5. The molecule has 0 N–H and O–H groups in total. The molecule has 0 bridgehead atoms. The van der Waals surface area contributed by atoms with Gasteiger partial charge in [0.1, 0.15) is 11.4 Å². The smallest absolute Gasteiger partial charge is 0.272 e. The predicted octanol–water partition coefficient (Wildman–Crippen LogP) is 3.04. The third-order valence-corrected chi connectivity index (χ3v) is 5.69. The number of carbonyl (C=O) groups excluding carboxylic acids is 1. The van der Waals surface area contributed by atoms with Gasteiger partial charge in [-0.1, -0.05) is 0 Å². The summed E-state index contributed by atoms with van der Waals surface area (Å²) >= 11 is 0. The number of nitrogens with zero attached hydrogens (tertiary/aromatic N) is 4. The first-order valence-electron chi connectivity index (χ1n) is 10.1. The average molecular weight is 380 g/mol. The molecule has 148 valence electrons. The lowest BCUT2D eigenvalue weighted by molar-refractivity contribution is 0.0741. The lowest BCUT2D eigenvalue weighted by Crippen LogP contribution is -2.49. The van der Waals surface area contributed by atoms with Crippen LogP contribution in [0.4, 0.5) is 11.4 Å². The summed E-state index contributed by atoms with van der Waals surface area (Å²) in [5, 5.41) is 0. The van der Waals surface area contributed by atoms with Crippen molar-refractivity contribution in [1.82, 2.24) is 9.88 Å². The van der Waals surface area contributed by atoms with Gasteiger partial charge in [0.25, 0.3) is 5.91 Å². The molecule has 3 heterocycles. The number of pyridine rings is 1. The van der Waals surface area contributed by atoms with E-state index in [4.69, 9.17) is 4.74 Å². The minimum Gasteiger partial charge on any atom is -0.497 e. The Labute approximate surface area is 166 Å². The van der Waals surface area contributed by atoms with Crippen molar-refractivity contribution < 1.29 is 9.53 Å². The summed E-state index contributed by atoms with van der Waals surface area (Å²) in [6.07, 6.45) is 5.63. The molecule has 0 unspecified atom stereocenters. The Bertz CT molecular complexity index is 777. The van der Waals surface area contributed by atoms with E-state index in [2.05, 4.69) is 26.9 Å². The number of benzene rings is 1. The van der Waals surface area contributed by atoms with Gasteiger partial charge in [-0.05, 0) is 55.7 Å². The normalized spacial score (nSPS) is 17.5. The summed E-state index contributed by atoms with van der Waals surface area (Å²) in [7, 11) is 1.67. The Morgan fingerprint density at radius 3 is 2.07 bits per heavy atom. The summed E-state index contributed by atoms with van der Waals surface area (Å²) < 4.78 is 5.22. The van der Waals surface area contributed by atoms with Crippen LogP contribution in [-0.4, -0.2) is 62.2 Å². The summed E-state index contributed by atoms with van der Waals surface area (Å²) in [5.41, 5.74) is 2.83. The fraction of sp³-hybridized carbons (Fsp3) is 0.455. The van der Waals surface area contributed by atoms with Gasteiger partial charge in [0, 0.05) is 45.0 Å². The number of amides is 1. The zero-order valence-electron chi connectivity index (χ0n) is 16.5. The van der Waals surface area contributed by atoms with Crippen LogP contribution in [0.3, 0.4) is 0 Å². The van der Waals surface area contributed by atoms with Crippen LogP contribution in [0, 0.1) is 0 Å². The van der Waals surface area contributed by atoms with Crippen molar-refractivity contribution in [2.24, 2.45) is 0 Å². The predicted molar refractivity (Wildman–Crippen MR) is 111 cm³/mol. The third kappa shape index (κ3) is 4.06. The average Bonchev–Trinajstić information content (AvgIpc) is 2.79. The summed E-state index contributed by atoms with van der Waals surface area (Å²) in [6, 6.07) is 12.0. The van der Waals surface area contributed by atoms with Crippen LogP contribution in [0.2, 0.25) is 0 Å². The molecule has 4 rings (SSSR count). The van der Waals surface area contributed by atoms with Crippen molar-refractivity contribution in [2.45, 2.75) is 19.3 Å². The second kappa shape index (κ2) is 8.50. The maximum atomic E-state index is 12.8. The molecule has 1 amide bonds. The molecule has 2 aliphatic rings. The number of piperidine rings is 1. The molecule has 0 radical (unpaired) electrons. The number of hydrogen-bond donors (Lipinski definition) is 0. The van der Waals surface area contributed by atoms with Crippen LogP contribution >= 0.6 is 0 Å². The monoisotopic (exact) mass is 380 g/mol.